The van der Waals surface area contributed by atoms with Gasteiger partial charge in [-0.15, -0.1) is 0 Å². The van der Waals surface area contributed by atoms with Gasteiger partial charge in [0.25, 0.3) is 0 Å². The maximum absolute atomic E-state index is 12.9. The van der Waals surface area contributed by atoms with Crippen LogP contribution in [0.25, 0.3) is 0 Å². The Balaban J connectivity index is 1.92. The van der Waals surface area contributed by atoms with E-state index < -0.39 is 0 Å². The molecule has 1 aliphatic heterocycles. The molecule has 1 fully saturated rings. The quantitative estimate of drug-likeness (QED) is 0.726. The first-order chi connectivity index (χ1) is 12.1. The first-order valence-corrected chi connectivity index (χ1v) is 9.74. The zero-order valence-electron chi connectivity index (χ0n) is 15.7. The highest BCUT2D eigenvalue weighted by atomic mass is 16.2. The summed E-state index contributed by atoms with van der Waals surface area (Å²) in [5, 5.41) is 2.99. The summed E-state index contributed by atoms with van der Waals surface area (Å²) >= 11 is 0. The van der Waals surface area contributed by atoms with Gasteiger partial charge in [-0.2, -0.15) is 0 Å². The van der Waals surface area contributed by atoms with Crippen molar-refractivity contribution in [2.75, 3.05) is 6.54 Å². The van der Waals surface area contributed by atoms with E-state index in [1.807, 2.05) is 17.0 Å². The van der Waals surface area contributed by atoms with E-state index in [1.165, 1.54) is 17.5 Å². The fourth-order valence-electron chi connectivity index (χ4n) is 3.37. The molecule has 0 saturated carbocycles. The second-order valence-corrected chi connectivity index (χ2v) is 7.11. The predicted molar refractivity (Wildman–Crippen MR) is 101 cm³/mol. The Morgan fingerprint density at radius 2 is 2.00 bits per heavy atom. The topological polar surface area (TPSA) is 49.4 Å². The van der Waals surface area contributed by atoms with Gasteiger partial charge in [-0.3, -0.25) is 9.59 Å². The van der Waals surface area contributed by atoms with Gasteiger partial charge in [-0.1, -0.05) is 50.5 Å². The molecular weight excluding hydrogens is 312 g/mol. The van der Waals surface area contributed by atoms with Gasteiger partial charge in [0.1, 0.15) is 6.04 Å². The van der Waals surface area contributed by atoms with Gasteiger partial charge in [-0.25, -0.2) is 0 Å². The third-order valence-corrected chi connectivity index (χ3v) is 5.00. The highest BCUT2D eigenvalue weighted by molar-refractivity contribution is 5.87. The molecule has 1 atom stereocenters. The van der Waals surface area contributed by atoms with Crippen molar-refractivity contribution in [3.8, 4) is 0 Å². The molecule has 25 heavy (non-hydrogen) atoms. The number of hydrogen-bond acceptors (Lipinski definition) is 2. The van der Waals surface area contributed by atoms with Crippen LogP contribution in [0.4, 0.5) is 0 Å². The highest BCUT2D eigenvalue weighted by Gasteiger charge is 2.28. The number of aryl methyl sites for hydroxylation is 1. The highest BCUT2D eigenvalue weighted by Crippen LogP contribution is 2.17. The van der Waals surface area contributed by atoms with Gasteiger partial charge in [0, 0.05) is 19.5 Å². The zero-order chi connectivity index (χ0) is 18.1. The molecule has 1 heterocycles. The molecule has 2 rings (SSSR count). The molecule has 0 aromatic heterocycles. The van der Waals surface area contributed by atoms with E-state index in [0.717, 1.165) is 45.1 Å². The lowest BCUT2D eigenvalue weighted by atomic mass is 10.1. The fourth-order valence-corrected chi connectivity index (χ4v) is 3.37. The summed E-state index contributed by atoms with van der Waals surface area (Å²) in [6, 6.07) is 7.83. The second kappa shape index (κ2) is 10.2. The van der Waals surface area contributed by atoms with E-state index in [1.54, 1.807) is 0 Å². The Hall–Kier alpha value is -1.84. The normalized spacial score (nSPS) is 18.1. The number of rotatable bonds is 8. The minimum absolute atomic E-state index is 0.0206. The Bertz CT molecular complexity index is 571. The zero-order valence-corrected chi connectivity index (χ0v) is 15.7. The summed E-state index contributed by atoms with van der Waals surface area (Å²) in [5.74, 6) is 0.0925. The van der Waals surface area contributed by atoms with E-state index in [-0.39, 0.29) is 17.9 Å². The number of nitrogens with one attached hydrogen (secondary N) is 1. The Kier molecular flexibility index (Phi) is 7.96. The summed E-state index contributed by atoms with van der Waals surface area (Å²) in [6.45, 7) is 5.64. The number of carbonyl (C=O) groups is 2. The van der Waals surface area contributed by atoms with Crippen LogP contribution in [0, 0.1) is 6.92 Å². The summed E-state index contributed by atoms with van der Waals surface area (Å²) in [5.41, 5.74) is 2.39. The minimum Gasteiger partial charge on any atom is -0.344 e. The molecule has 0 radical (unpaired) electrons. The molecule has 0 bridgehead atoms. The monoisotopic (exact) mass is 344 g/mol. The van der Waals surface area contributed by atoms with Crippen LogP contribution in [-0.4, -0.2) is 29.3 Å². The van der Waals surface area contributed by atoms with Crippen LogP contribution >= 0.6 is 0 Å². The van der Waals surface area contributed by atoms with Crippen LogP contribution in [0.15, 0.2) is 24.3 Å². The molecule has 2 amide bonds. The lowest BCUT2D eigenvalue weighted by Gasteiger charge is -2.25. The van der Waals surface area contributed by atoms with Gasteiger partial charge >= 0.3 is 0 Å². The van der Waals surface area contributed by atoms with E-state index >= 15 is 0 Å². The fraction of sp³-hybridized carbons (Fsp3) is 0.619. The minimum atomic E-state index is -0.356. The van der Waals surface area contributed by atoms with Crippen molar-refractivity contribution in [2.24, 2.45) is 0 Å². The molecule has 138 valence electrons. The average Bonchev–Trinajstić information content (AvgIpc) is 2.77. The second-order valence-electron chi connectivity index (χ2n) is 7.11. The molecule has 4 heteroatoms. The molecular formula is C21H32N2O2. The molecule has 0 spiro atoms. The van der Waals surface area contributed by atoms with Crippen molar-refractivity contribution < 1.29 is 9.59 Å². The lowest BCUT2D eigenvalue weighted by molar-refractivity contribution is -0.136. The van der Waals surface area contributed by atoms with Crippen molar-refractivity contribution in [3.05, 3.63) is 35.4 Å². The number of hydrogen-bond donors (Lipinski definition) is 1. The lowest BCUT2D eigenvalue weighted by Crippen LogP contribution is -2.47. The molecule has 1 N–H and O–H groups in total. The number of unbranched alkanes of at least 4 members (excludes halogenated alkanes) is 3. The van der Waals surface area contributed by atoms with Crippen LogP contribution in [0.3, 0.4) is 0 Å². The Morgan fingerprint density at radius 1 is 1.20 bits per heavy atom. The SMILES string of the molecule is CCCCCCC(=O)NC1CCCCN(Cc2ccccc2C)C1=O. The smallest absolute Gasteiger partial charge is 0.245 e. The molecule has 0 aliphatic carbocycles. The number of amides is 2. The standard InChI is InChI=1S/C21H32N2O2/c1-3-4-5-6-14-20(24)22-19-13-9-10-15-23(21(19)25)16-18-12-8-7-11-17(18)2/h7-8,11-12,19H,3-6,9-10,13-16H2,1-2H3,(H,22,24). The van der Waals surface area contributed by atoms with E-state index in [2.05, 4.69) is 31.3 Å². The first kappa shape index (κ1) is 19.5. The summed E-state index contributed by atoms with van der Waals surface area (Å²) in [4.78, 5) is 27.0. The number of nitrogens with zero attached hydrogens (tertiary/aromatic N) is 1. The maximum Gasteiger partial charge on any atom is 0.245 e. The van der Waals surface area contributed by atoms with Gasteiger partial charge in [0.15, 0.2) is 0 Å². The van der Waals surface area contributed by atoms with Crippen molar-refractivity contribution in [1.29, 1.82) is 0 Å². The first-order valence-electron chi connectivity index (χ1n) is 9.74. The number of benzene rings is 1. The van der Waals surface area contributed by atoms with Crippen LogP contribution in [0.2, 0.25) is 0 Å². The van der Waals surface area contributed by atoms with Gasteiger partial charge in [0.05, 0.1) is 0 Å². The third kappa shape index (κ3) is 6.18. The van der Waals surface area contributed by atoms with E-state index in [0.29, 0.717) is 13.0 Å². The van der Waals surface area contributed by atoms with Crippen molar-refractivity contribution in [1.82, 2.24) is 10.2 Å². The number of likely N-dealkylation sites (tertiary alicyclic amines) is 1. The third-order valence-electron chi connectivity index (χ3n) is 5.00. The van der Waals surface area contributed by atoms with Crippen molar-refractivity contribution in [2.45, 2.75) is 77.8 Å². The molecule has 1 aromatic carbocycles. The van der Waals surface area contributed by atoms with Gasteiger partial charge < -0.3 is 10.2 Å². The predicted octanol–water partition coefficient (Wildman–Crippen LogP) is 3.96. The molecule has 1 unspecified atom stereocenters. The number of carbonyl (C=O) groups excluding carboxylic acids is 2. The van der Waals surface area contributed by atoms with E-state index in [9.17, 15) is 9.59 Å². The summed E-state index contributed by atoms with van der Waals surface area (Å²) in [7, 11) is 0. The molecule has 1 aromatic rings. The van der Waals surface area contributed by atoms with Crippen LogP contribution in [-0.2, 0) is 16.1 Å². The summed E-state index contributed by atoms with van der Waals surface area (Å²) < 4.78 is 0. The van der Waals surface area contributed by atoms with Crippen LogP contribution < -0.4 is 5.32 Å². The largest absolute Gasteiger partial charge is 0.344 e. The van der Waals surface area contributed by atoms with E-state index in [4.69, 9.17) is 0 Å². The van der Waals surface area contributed by atoms with Gasteiger partial charge in [0.2, 0.25) is 11.8 Å². The Morgan fingerprint density at radius 3 is 2.76 bits per heavy atom. The molecule has 1 aliphatic rings. The van der Waals surface area contributed by atoms with Crippen molar-refractivity contribution in [3.63, 3.8) is 0 Å². The maximum atomic E-state index is 12.9. The Labute approximate surface area is 152 Å². The molecule has 1 saturated heterocycles. The summed E-state index contributed by atoms with van der Waals surface area (Å²) in [6.07, 6.45) is 7.59. The van der Waals surface area contributed by atoms with Gasteiger partial charge in [-0.05, 0) is 43.7 Å². The van der Waals surface area contributed by atoms with Crippen LogP contribution in [0.5, 0.6) is 0 Å². The van der Waals surface area contributed by atoms with Crippen LogP contribution in [0.1, 0.15) is 69.4 Å². The average molecular weight is 344 g/mol. The molecule has 4 nitrogen and oxygen atoms in total. The van der Waals surface area contributed by atoms with Crippen molar-refractivity contribution >= 4 is 11.8 Å².